The van der Waals surface area contributed by atoms with Gasteiger partial charge in [-0.3, -0.25) is 9.69 Å². The van der Waals surface area contributed by atoms with E-state index in [2.05, 4.69) is 10.5 Å². The Labute approximate surface area is 160 Å². The second kappa shape index (κ2) is 7.63. The average molecular weight is 377 g/mol. The number of carbonyl (C=O) groups is 1. The molecule has 0 saturated heterocycles. The minimum atomic E-state index is -0.325. The van der Waals surface area contributed by atoms with Crippen LogP contribution in [0.4, 0.5) is 15.8 Å². The van der Waals surface area contributed by atoms with Crippen molar-refractivity contribution in [3.63, 3.8) is 0 Å². The molecule has 4 nitrogen and oxygen atoms in total. The molecule has 6 heteroatoms. The second-order valence-corrected chi connectivity index (χ2v) is 7.00. The van der Waals surface area contributed by atoms with Gasteiger partial charge < -0.3 is 5.43 Å². The zero-order chi connectivity index (χ0) is 18.6. The summed E-state index contributed by atoms with van der Waals surface area (Å²) in [5.74, 6) is -0.444. The van der Waals surface area contributed by atoms with Gasteiger partial charge in [-0.15, -0.1) is 0 Å². The van der Waals surface area contributed by atoms with Crippen molar-refractivity contribution in [2.24, 2.45) is 5.10 Å². The molecule has 3 aromatic rings. The van der Waals surface area contributed by atoms with Gasteiger partial charge in [0.05, 0.1) is 17.6 Å². The van der Waals surface area contributed by atoms with Gasteiger partial charge in [0.2, 0.25) is 0 Å². The monoisotopic (exact) mass is 377 g/mol. The van der Waals surface area contributed by atoms with Crippen LogP contribution in [0.15, 0.2) is 87.7 Å². The smallest absolute Gasteiger partial charge is 0.252 e. The summed E-state index contributed by atoms with van der Waals surface area (Å²) in [7, 11) is 0. The first-order valence-electron chi connectivity index (χ1n) is 8.43. The predicted octanol–water partition coefficient (Wildman–Crippen LogP) is 4.58. The Morgan fingerprint density at radius 3 is 2.33 bits per heavy atom. The first kappa shape index (κ1) is 17.3. The van der Waals surface area contributed by atoms with E-state index in [-0.39, 0.29) is 18.3 Å². The lowest BCUT2D eigenvalue weighted by molar-refractivity contribution is -0.117. The maximum atomic E-state index is 13.2. The first-order chi connectivity index (χ1) is 13.2. The summed E-state index contributed by atoms with van der Waals surface area (Å²) < 4.78 is 13.2. The van der Waals surface area contributed by atoms with E-state index in [4.69, 9.17) is 0 Å². The van der Waals surface area contributed by atoms with E-state index in [1.807, 2.05) is 48.5 Å². The molecular weight excluding hydrogens is 361 g/mol. The minimum absolute atomic E-state index is 0.0269. The molecule has 0 unspecified atom stereocenters. The molecular formula is C21H16FN3OS. The molecule has 134 valence electrons. The maximum absolute atomic E-state index is 13.2. The van der Waals surface area contributed by atoms with Crippen molar-refractivity contribution in [2.45, 2.75) is 9.79 Å². The van der Waals surface area contributed by atoms with Crippen molar-refractivity contribution < 1.29 is 9.18 Å². The topological polar surface area (TPSA) is 44.7 Å². The Kier molecular flexibility index (Phi) is 4.89. The van der Waals surface area contributed by atoms with Gasteiger partial charge in [-0.05, 0) is 42.0 Å². The van der Waals surface area contributed by atoms with Crippen molar-refractivity contribution in [1.29, 1.82) is 0 Å². The van der Waals surface area contributed by atoms with E-state index in [9.17, 15) is 9.18 Å². The zero-order valence-electron chi connectivity index (χ0n) is 14.3. The summed E-state index contributed by atoms with van der Waals surface area (Å²) in [6.07, 6.45) is 1.49. The number of hydrazone groups is 1. The zero-order valence-corrected chi connectivity index (χ0v) is 15.1. The number of carbonyl (C=O) groups excluding carboxylic acids is 1. The molecule has 0 spiro atoms. The Bertz CT molecular complexity index is 976. The van der Waals surface area contributed by atoms with E-state index in [0.29, 0.717) is 5.56 Å². The number of halogens is 1. The molecule has 1 amide bonds. The fourth-order valence-corrected chi connectivity index (χ4v) is 3.93. The number of rotatable bonds is 4. The molecule has 0 atom stereocenters. The second-order valence-electron chi connectivity index (χ2n) is 5.91. The molecule has 0 radical (unpaired) electrons. The van der Waals surface area contributed by atoms with Crippen LogP contribution in [0, 0.1) is 5.82 Å². The fraction of sp³-hybridized carbons (Fsp3) is 0.0476. The molecule has 4 rings (SSSR count). The van der Waals surface area contributed by atoms with Gasteiger partial charge in [-0.25, -0.2) is 4.39 Å². The van der Waals surface area contributed by atoms with Gasteiger partial charge in [0.15, 0.2) is 0 Å². The third kappa shape index (κ3) is 3.71. The van der Waals surface area contributed by atoms with Gasteiger partial charge >= 0.3 is 0 Å². The predicted molar refractivity (Wildman–Crippen MR) is 106 cm³/mol. The van der Waals surface area contributed by atoms with Crippen LogP contribution < -0.4 is 10.3 Å². The Morgan fingerprint density at radius 1 is 1.00 bits per heavy atom. The number of anilines is 2. The van der Waals surface area contributed by atoms with Gasteiger partial charge in [0.25, 0.3) is 5.91 Å². The quantitative estimate of drug-likeness (QED) is 0.535. The summed E-state index contributed by atoms with van der Waals surface area (Å²) in [5, 5.41) is 4.04. The molecule has 3 aromatic carbocycles. The van der Waals surface area contributed by atoms with Crippen LogP contribution in [0.5, 0.6) is 0 Å². The molecule has 0 aliphatic carbocycles. The minimum Gasteiger partial charge on any atom is -0.301 e. The molecule has 0 aromatic heterocycles. The molecule has 1 N–H and O–H groups in total. The van der Waals surface area contributed by atoms with E-state index >= 15 is 0 Å². The van der Waals surface area contributed by atoms with Gasteiger partial charge in [0, 0.05) is 9.79 Å². The largest absolute Gasteiger partial charge is 0.301 e. The summed E-state index contributed by atoms with van der Waals surface area (Å²) in [6.45, 7) is 0.0269. The summed E-state index contributed by atoms with van der Waals surface area (Å²) in [5.41, 5.74) is 5.11. The summed E-state index contributed by atoms with van der Waals surface area (Å²) in [4.78, 5) is 16.7. The lowest BCUT2D eigenvalue weighted by atomic mass is 10.2. The highest BCUT2D eigenvalue weighted by atomic mass is 32.2. The molecule has 1 aliphatic rings. The van der Waals surface area contributed by atoms with Crippen LogP contribution in [0.3, 0.4) is 0 Å². The molecule has 0 bridgehead atoms. The summed E-state index contributed by atoms with van der Waals surface area (Å²) in [6, 6.07) is 21.8. The van der Waals surface area contributed by atoms with E-state index < -0.39 is 0 Å². The Morgan fingerprint density at radius 2 is 1.67 bits per heavy atom. The number of nitrogens with zero attached hydrogens (tertiary/aromatic N) is 2. The lowest BCUT2D eigenvalue weighted by Crippen LogP contribution is -2.35. The fourth-order valence-electron chi connectivity index (χ4n) is 2.87. The van der Waals surface area contributed by atoms with Gasteiger partial charge in [-0.1, -0.05) is 48.2 Å². The number of amides is 1. The lowest BCUT2D eigenvalue weighted by Gasteiger charge is -2.30. The highest BCUT2D eigenvalue weighted by Crippen LogP contribution is 2.47. The summed E-state index contributed by atoms with van der Waals surface area (Å²) >= 11 is 1.65. The number of hydrogen-bond acceptors (Lipinski definition) is 4. The van der Waals surface area contributed by atoms with Crippen LogP contribution in [-0.2, 0) is 4.79 Å². The van der Waals surface area contributed by atoms with E-state index in [1.165, 1.54) is 18.3 Å². The normalized spacial score (nSPS) is 12.6. The van der Waals surface area contributed by atoms with Crippen molar-refractivity contribution in [1.82, 2.24) is 5.43 Å². The molecule has 1 aliphatic heterocycles. The van der Waals surface area contributed by atoms with Crippen LogP contribution >= 0.6 is 11.8 Å². The molecule has 0 saturated carbocycles. The highest BCUT2D eigenvalue weighted by Gasteiger charge is 2.27. The average Bonchev–Trinajstić information content (AvgIpc) is 2.69. The van der Waals surface area contributed by atoms with Gasteiger partial charge in [0.1, 0.15) is 12.4 Å². The Hall–Kier alpha value is -3.12. The van der Waals surface area contributed by atoms with Crippen molar-refractivity contribution in [3.8, 4) is 0 Å². The third-order valence-corrected chi connectivity index (χ3v) is 5.20. The number of benzene rings is 3. The van der Waals surface area contributed by atoms with Crippen molar-refractivity contribution >= 4 is 35.3 Å². The van der Waals surface area contributed by atoms with E-state index in [0.717, 1.165) is 21.2 Å². The number of fused-ring (bicyclic) bond motifs is 2. The maximum Gasteiger partial charge on any atom is 0.252 e. The van der Waals surface area contributed by atoms with Crippen molar-refractivity contribution in [3.05, 3.63) is 84.2 Å². The number of nitrogens with one attached hydrogen (secondary N) is 1. The molecule has 0 fully saturated rings. The Balaban J connectivity index is 1.52. The van der Waals surface area contributed by atoms with Crippen LogP contribution in [0.25, 0.3) is 0 Å². The standard InChI is InChI=1S/C21H16FN3OS/c22-16-7-5-6-15(12-16)13-23-24-14-21(26)25-17-8-1-3-10-19(17)27-20-11-4-2-9-18(20)25/h1-13,24H,14H2. The van der Waals surface area contributed by atoms with Crippen LogP contribution in [0.2, 0.25) is 0 Å². The van der Waals surface area contributed by atoms with E-state index in [1.54, 1.807) is 28.8 Å². The number of para-hydroxylation sites is 2. The van der Waals surface area contributed by atoms with Crippen LogP contribution in [0.1, 0.15) is 5.56 Å². The number of hydrogen-bond donors (Lipinski definition) is 1. The highest BCUT2D eigenvalue weighted by molar-refractivity contribution is 7.99. The molecule has 27 heavy (non-hydrogen) atoms. The SMILES string of the molecule is O=C(CNN=Cc1cccc(F)c1)N1c2ccccc2Sc2ccccc21. The van der Waals surface area contributed by atoms with Gasteiger partial charge in [-0.2, -0.15) is 5.10 Å². The van der Waals surface area contributed by atoms with Crippen LogP contribution in [-0.4, -0.2) is 18.7 Å². The van der Waals surface area contributed by atoms with Crippen molar-refractivity contribution in [2.75, 3.05) is 11.4 Å². The molecule has 1 heterocycles. The third-order valence-electron chi connectivity index (χ3n) is 4.07. The first-order valence-corrected chi connectivity index (χ1v) is 9.24.